The van der Waals surface area contributed by atoms with Gasteiger partial charge >= 0.3 is 0 Å². The second kappa shape index (κ2) is 5.00. The molecule has 0 saturated heterocycles. The van der Waals surface area contributed by atoms with Crippen LogP contribution < -0.4 is 0 Å². The van der Waals surface area contributed by atoms with Crippen molar-refractivity contribution >= 4 is 32.7 Å². The van der Waals surface area contributed by atoms with Gasteiger partial charge in [-0.25, -0.2) is 4.98 Å². The molecule has 17 heavy (non-hydrogen) atoms. The first-order valence-corrected chi connectivity index (χ1v) is 6.57. The number of pyridine rings is 1. The highest BCUT2D eigenvalue weighted by molar-refractivity contribution is 9.10. The van der Waals surface area contributed by atoms with Gasteiger partial charge < -0.3 is 4.98 Å². The third-order valence-corrected chi connectivity index (χ3v) is 3.46. The molecular weight excluding hydrogens is 280 g/mol. The molecule has 0 aliphatic rings. The van der Waals surface area contributed by atoms with Gasteiger partial charge in [-0.1, -0.05) is 20.3 Å². The summed E-state index contributed by atoms with van der Waals surface area (Å²) in [6.07, 6.45) is 5.10. The van der Waals surface area contributed by atoms with Crippen LogP contribution in [0.3, 0.4) is 0 Å². The average molecular weight is 295 g/mol. The summed E-state index contributed by atoms with van der Waals surface area (Å²) in [6.45, 7) is 4.20. The SMILES string of the molecule is CCC(C)CC(=O)c1c[nH]c2ncc(Br)cc12. The summed E-state index contributed by atoms with van der Waals surface area (Å²) in [5.41, 5.74) is 1.51. The van der Waals surface area contributed by atoms with E-state index < -0.39 is 0 Å². The predicted molar refractivity (Wildman–Crippen MR) is 72.2 cm³/mol. The Hall–Kier alpha value is -1.16. The highest BCUT2D eigenvalue weighted by atomic mass is 79.9. The van der Waals surface area contributed by atoms with Gasteiger partial charge in [0.2, 0.25) is 0 Å². The quantitative estimate of drug-likeness (QED) is 0.868. The predicted octanol–water partition coefficient (Wildman–Crippen LogP) is 3.94. The van der Waals surface area contributed by atoms with E-state index in [4.69, 9.17) is 0 Å². The normalized spacial score (nSPS) is 12.9. The monoisotopic (exact) mass is 294 g/mol. The third-order valence-electron chi connectivity index (χ3n) is 3.03. The molecule has 90 valence electrons. The Morgan fingerprint density at radius 1 is 1.59 bits per heavy atom. The minimum atomic E-state index is 0.186. The maximum atomic E-state index is 12.1. The molecule has 3 nitrogen and oxygen atoms in total. The van der Waals surface area contributed by atoms with Gasteiger partial charge in [0, 0.05) is 34.2 Å². The van der Waals surface area contributed by atoms with Crippen LogP contribution >= 0.6 is 15.9 Å². The molecule has 2 heterocycles. The molecule has 0 amide bonds. The summed E-state index contributed by atoms with van der Waals surface area (Å²) in [7, 11) is 0. The van der Waals surface area contributed by atoms with Crippen molar-refractivity contribution in [2.75, 3.05) is 0 Å². The number of rotatable bonds is 4. The molecule has 0 spiro atoms. The number of hydrogen-bond donors (Lipinski definition) is 1. The molecular formula is C13H15BrN2O. The Bertz CT molecular complexity index is 547. The summed E-state index contributed by atoms with van der Waals surface area (Å²) in [5, 5.41) is 0.896. The summed E-state index contributed by atoms with van der Waals surface area (Å²) in [6, 6.07) is 1.93. The number of hydrogen-bond acceptors (Lipinski definition) is 2. The summed E-state index contributed by atoms with van der Waals surface area (Å²) in [4.78, 5) is 19.4. The molecule has 0 saturated carbocycles. The Balaban J connectivity index is 2.35. The zero-order valence-electron chi connectivity index (χ0n) is 9.96. The zero-order valence-corrected chi connectivity index (χ0v) is 11.5. The lowest BCUT2D eigenvalue weighted by molar-refractivity contribution is 0.0965. The largest absolute Gasteiger partial charge is 0.345 e. The van der Waals surface area contributed by atoms with Gasteiger partial charge in [0.15, 0.2) is 5.78 Å². The van der Waals surface area contributed by atoms with Gasteiger partial charge in [-0.3, -0.25) is 4.79 Å². The standard InChI is InChI=1S/C13H15BrN2O/c1-3-8(2)4-12(17)11-7-16-13-10(11)5-9(14)6-15-13/h5-8H,3-4H2,1-2H3,(H,15,16). The van der Waals surface area contributed by atoms with E-state index in [1.54, 1.807) is 12.4 Å². The van der Waals surface area contributed by atoms with E-state index in [0.29, 0.717) is 12.3 Å². The third kappa shape index (κ3) is 2.57. The number of fused-ring (bicyclic) bond motifs is 1. The highest BCUT2D eigenvalue weighted by Gasteiger charge is 2.15. The fourth-order valence-corrected chi connectivity index (χ4v) is 2.11. The fraction of sp³-hybridized carbons (Fsp3) is 0.385. The van der Waals surface area contributed by atoms with Crippen LogP contribution in [0.4, 0.5) is 0 Å². The topological polar surface area (TPSA) is 45.8 Å². The van der Waals surface area contributed by atoms with Crippen LogP contribution in [0.5, 0.6) is 0 Å². The lowest BCUT2D eigenvalue weighted by atomic mass is 9.98. The smallest absolute Gasteiger partial charge is 0.165 e. The van der Waals surface area contributed by atoms with Crippen molar-refractivity contribution in [3.63, 3.8) is 0 Å². The van der Waals surface area contributed by atoms with Crippen LogP contribution in [0.2, 0.25) is 0 Å². The van der Waals surface area contributed by atoms with Gasteiger partial charge in [-0.05, 0) is 27.9 Å². The van der Waals surface area contributed by atoms with E-state index in [9.17, 15) is 4.79 Å². The minimum absolute atomic E-state index is 0.186. The molecule has 2 aromatic rings. The van der Waals surface area contributed by atoms with Gasteiger partial charge in [0.1, 0.15) is 5.65 Å². The van der Waals surface area contributed by atoms with Crippen molar-refractivity contribution in [3.05, 3.63) is 28.5 Å². The number of carbonyl (C=O) groups is 1. The number of nitrogens with zero attached hydrogens (tertiary/aromatic N) is 1. The molecule has 1 N–H and O–H groups in total. The van der Waals surface area contributed by atoms with Crippen LogP contribution in [-0.4, -0.2) is 15.8 Å². The van der Waals surface area contributed by atoms with E-state index in [-0.39, 0.29) is 5.78 Å². The fourth-order valence-electron chi connectivity index (χ4n) is 1.78. The minimum Gasteiger partial charge on any atom is -0.345 e. The summed E-state index contributed by atoms with van der Waals surface area (Å²) < 4.78 is 0.891. The number of H-pyrrole nitrogens is 1. The molecule has 0 bridgehead atoms. The van der Waals surface area contributed by atoms with E-state index in [1.165, 1.54) is 0 Å². The highest BCUT2D eigenvalue weighted by Crippen LogP contribution is 2.23. The lowest BCUT2D eigenvalue weighted by Crippen LogP contribution is -2.04. The lowest BCUT2D eigenvalue weighted by Gasteiger charge is -2.06. The maximum absolute atomic E-state index is 12.1. The maximum Gasteiger partial charge on any atom is 0.165 e. The Morgan fingerprint density at radius 3 is 3.06 bits per heavy atom. The number of halogens is 1. The molecule has 0 fully saturated rings. The number of carbonyl (C=O) groups excluding carboxylic acids is 1. The number of aromatic amines is 1. The van der Waals surface area contributed by atoms with E-state index in [0.717, 1.165) is 27.5 Å². The molecule has 0 aliphatic carbocycles. The van der Waals surface area contributed by atoms with Crippen LogP contribution in [0, 0.1) is 5.92 Å². The van der Waals surface area contributed by atoms with E-state index in [1.807, 2.05) is 6.07 Å². The van der Waals surface area contributed by atoms with Gasteiger partial charge in [0.05, 0.1) is 0 Å². The molecule has 4 heteroatoms. The first-order valence-electron chi connectivity index (χ1n) is 5.77. The summed E-state index contributed by atoms with van der Waals surface area (Å²) in [5.74, 6) is 0.609. The molecule has 2 rings (SSSR count). The molecule has 1 unspecified atom stereocenters. The Morgan fingerprint density at radius 2 is 2.35 bits per heavy atom. The van der Waals surface area contributed by atoms with Gasteiger partial charge in [-0.15, -0.1) is 0 Å². The molecule has 0 radical (unpaired) electrons. The van der Waals surface area contributed by atoms with Gasteiger partial charge in [-0.2, -0.15) is 0 Å². The van der Waals surface area contributed by atoms with Gasteiger partial charge in [0.25, 0.3) is 0 Å². The first kappa shape index (κ1) is 12.3. The molecule has 1 atom stereocenters. The van der Waals surface area contributed by atoms with Crippen molar-refractivity contribution in [2.45, 2.75) is 26.7 Å². The van der Waals surface area contributed by atoms with E-state index in [2.05, 4.69) is 39.7 Å². The van der Waals surface area contributed by atoms with E-state index >= 15 is 0 Å². The average Bonchev–Trinajstić information content (AvgIpc) is 2.71. The molecule has 0 aromatic carbocycles. The Kier molecular flexibility index (Phi) is 3.62. The number of nitrogens with one attached hydrogen (secondary N) is 1. The Labute approximate surface area is 109 Å². The van der Waals surface area contributed by atoms with Crippen molar-refractivity contribution in [2.24, 2.45) is 5.92 Å². The van der Waals surface area contributed by atoms with Crippen LogP contribution in [-0.2, 0) is 0 Å². The van der Waals surface area contributed by atoms with Crippen LogP contribution in [0.15, 0.2) is 22.9 Å². The number of ketones is 1. The van der Waals surface area contributed by atoms with Crippen molar-refractivity contribution in [1.82, 2.24) is 9.97 Å². The first-order chi connectivity index (χ1) is 8.11. The number of Topliss-reactive ketones (excluding diaryl/α,β-unsaturated/α-hetero) is 1. The van der Waals surface area contributed by atoms with Crippen molar-refractivity contribution < 1.29 is 4.79 Å². The second-order valence-electron chi connectivity index (χ2n) is 4.39. The molecule has 2 aromatic heterocycles. The summed E-state index contributed by atoms with van der Waals surface area (Å²) >= 11 is 3.38. The van der Waals surface area contributed by atoms with Crippen molar-refractivity contribution in [1.29, 1.82) is 0 Å². The van der Waals surface area contributed by atoms with Crippen LogP contribution in [0.25, 0.3) is 11.0 Å². The van der Waals surface area contributed by atoms with Crippen molar-refractivity contribution in [3.8, 4) is 0 Å². The van der Waals surface area contributed by atoms with Crippen LogP contribution in [0.1, 0.15) is 37.0 Å². The molecule has 0 aliphatic heterocycles. The second-order valence-corrected chi connectivity index (χ2v) is 5.31. The zero-order chi connectivity index (χ0) is 12.4. The number of aromatic nitrogens is 2.